The van der Waals surface area contributed by atoms with E-state index in [0.717, 1.165) is 5.56 Å². The molecule has 1 heterocycles. The number of aromatic nitrogens is 1. The maximum Gasteiger partial charge on any atom is 0.334 e. The van der Waals surface area contributed by atoms with Crippen molar-refractivity contribution in [2.24, 2.45) is 0 Å². The first kappa shape index (κ1) is 16.0. The van der Waals surface area contributed by atoms with Crippen molar-refractivity contribution in [3.63, 3.8) is 0 Å². The highest BCUT2D eigenvalue weighted by molar-refractivity contribution is 7.04. The monoisotopic (exact) mass is 318 g/mol. The number of carbonyl (C=O) groups excluding carboxylic acids is 1. The van der Waals surface area contributed by atoms with Crippen molar-refractivity contribution in [2.75, 3.05) is 12.4 Å². The summed E-state index contributed by atoms with van der Waals surface area (Å²) >= 11 is 1.17. The summed E-state index contributed by atoms with van der Waals surface area (Å²) in [6.07, 6.45) is 0. The predicted octanol–water partition coefficient (Wildman–Crippen LogP) is 2.81. The van der Waals surface area contributed by atoms with Crippen LogP contribution in [0, 0.1) is 0 Å². The summed E-state index contributed by atoms with van der Waals surface area (Å²) < 4.78 is 6.12. The Kier molecular flexibility index (Phi) is 5.16. The lowest BCUT2D eigenvalue weighted by Gasteiger charge is -2.14. The third-order valence-electron chi connectivity index (χ3n) is 3.17. The van der Waals surface area contributed by atoms with E-state index in [2.05, 4.69) is 11.9 Å². The molecule has 0 bridgehead atoms. The summed E-state index contributed by atoms with van der Waals surface area (Å²) in [6.45, 7) is 6.01. The number of anilines is 1. The lowest BCUT2D eigenvalue weighted by molar-refractivity contribution is -0.143. The SMILES string of the molecule is C=C(C)C(C(=O)OC)n1scc(NCc2ccccc2)c1=O. The summed E-state index contributed by atoms with van der Waals surface area (Å²) in [6, 6.07) is 8.99. The number of methoxy groups -OCH3 is 1. The van der Waals surface area contributed by atoms with Gasteiger partial charge in [-0.3, -0.25) is 4.79 Å². The maximum absolute atomic E-state index is 12.4. The molecule has 2 aromatic rings. The van der Waals surface area contributed by atoms with Gasteiger partial charge in [0.1, 0.15) is 5.69 Å². The number of ether oxygens (including phenoxy) is 1. The second-order valence-electron chi connectivity index (χ2n) is 4.88. The summed E-state index contributed by atoms with van der Waals surface area (Å²) in [4.78, 5) is 24.3. The highest BCUT2D eigenvalue weighted by Gasteiger charge is 2.25. The molecule has 0 spiro atoms. The van der Waals surface area contributed by atoms with Crippen LogP contribution in [0.4, 0.5) is 5.69 Å². The molecule has 1 N–H and O–H groups in total. The molecule has 0 saturated carbocycles. The van der Waals surface area contributed by atoms with Gasteiger partial charge in [-0.05, 0) is 18.1 Å². The zero-order valence-electron chi connectivity index (χ0n) is 12.5. The molecule has 0 amide bonds. The Bertz CT molecular complexity index is 718. The molecular weight excluding hydrogens is 300 g/mol. The minimum Gasteiger partial charge on any atom is -0.467 e. The molecule has 2 rings (SSSR count). The second-order valence-corrected chi connectivity index (χ2v) is 5.72. The van der Waals surface area contributed by atoms with E-state index >= 15 is 0 Å². The van der Waals surface area contributed by atoms with Crippen LogP contribution in [-0.2, 0) is 16.1 Å². The van der Waals surface area contributed by atoms with Gasteiger partial charge in [0.25, 0.3) is 5.56 Å². The van der Waals surface area contributed by atoms with Crippen LogP contribution < -0.4 is 10.9 Å². The Morgan fingerprint density at radius 1 is 1.41 bits per heavy atom. The molecule has 1 atom stereocenters. The largest absolute Gasteiger partial charge is 0.467 e. The molecule has 0 saturated heterocycles. The fraction of sp³-hybridized carbons (Fsp3) is 0.250. The Labute approximate surface area is 133 Å². The van der Waals surface area contributed by atoms with Crippen molar-refractivity contribution in [2.45, 2.75) is 19.5 Å². The lowest BCUT2D eigenvalue weighted by atomic mass is 10.1. The molecule has 1 aromatic heterocycles. The number of carbonyl (C=O) groups is 1. The molecule has 6 heteroatoms. The van der Waals surface area contributed by atoms with Crippen molar-refractivity contribution in [3.05, 3.63) is 63.8 Å². The van der Waals surface area contributed by atoms with Gasteiger partial charge in [0.05, 0.1) is 7.11 Å². The molecule has 0 aliphatic carbocycles. The van der Waals surface area contributed by atoms with E-state index < -0.39 is 12.0 Å². The van der Waals surface area contributed by atoms with Crippen LogP contribution >= 0.6 is 11.5 Å². The van der Waals surface area contributed by atoms with Crippen LogP contribution in [0.5, 0.6) is 0 Å². The van der Waals surface area contributed by atoms with Gasteiger partial charge in [-0.15, -0.1) is 0 Å². The summed E-state index contributed by atoms with van der Waals surface area (Å²) in [5, 5.41) is 4.79. The minimum atomic E-state index is -0.783. The number of nitrogens with one attached hydrogen (secondary N) is 1. The standard InChI is InChI=1S/C16H18N2O3S/c1-11(2)14(16(20)21-3)18-15(19)13(10-22-18)17-9-12-7-5-4-6-8-12/h4-8,10,14,17H,1,9H2,2-3H3. The van der Waals surface area contributed by atoms with Gasteiger partial charge in [-0.25, -0.2) is 8.75 Å². The van der Waals surface area contributed by atoms with Gasteiger partial charge in [0.15, 0.2) is 6.04 Å². The molecule has 1 unspecified atom stereocenters. The smallest absolute Gasteiger partial charge is 0.334 e. The number of esters is 1. The average Bonchev–Trinajstić information content (AvgIpc) is 2.87. The van der Waals surface area contributed by atoms with Crippen molar-refractivity contribution < 1.29 is 9.53 Å². The summed E-state index contributed by atoms with van der Waals surface area (Å²) in [5.74, 6) is -0.494. The lowest BCUT2D eigenvalue weighted by Crippen LogP contribution is -2.28. The van der Waals surface area contributed by atoms with Gasteiger partial charge < -0.3 is 10.1 Å². The fourth-order valence-electron chi connectivity index (χ4n) is 2.02. The normalized spacial score (nSPS) is 11.7. The van der Waals surface area contributed by atoms with Gasteiger partial charge in [0.2, 0.25) is 0 Å². The van der Waals surface area contributed by atoms with Crippen LogP contribution in [0.15, 0.2) is 52.7 Å². The van der Waals surface area contributed by atoms with Crippen LogP contribution in [-0.4, -0.2) is 17.0 Å². The zero-order valence-corrected chi connectivity index (χ0v) is 13.4. The number of nitrogens with zero attached hydrogens (tertiary/aromatic N) is 1. The minimum absolute atomic E-state index is 0.251. The Balaban J connectivity index is 2.20. The summed E-state index contributed by atoms with van der Waals surface area (Å²) in [7, 11) is 1.30. The van der Waals surface area contributed by atoms with Crippen molar-refractivity contribution in [3.8, 4) is 0 Å². The van der Waals surface area contributed by atoms with E-state index in [4.69, 9.17) is 4.74 Å². The van der Waals surface area contributed by atoms with E-state index in [9.17, 15) is 9.59 Å². The quantitative estimate of drug-likeness (QED) is 0.657. The van der Waals surface area contributed by atoms with E-state index in [0.29, 0.717) is 17.8 Å². The van der Waals surface area contributed by atoms with Gasteiger partial charge in [-0.1, -0.05) is 48.4 Å². The van der Waals surface area contributed by atoms with Crippen molar-refractivity contribution >= 4 is 23.2 Å². The van der Waals surface area contributed by atoms with E-state index in [-0.39, 0.29) is 5.56 Å². The van der Waals surface area contributed by atoms with Gasteiger partial charge in [-0.2, -0.15) is 0 Å². The molecule has 0 fully saturated rings. The number of rotatable bonds is 6. The molecular formula is C16H18N2O3S. The van der Waals surface area contributed by atoms with Crippen LogP contribution in [0.2, 0.25) is 0 Å². The molecule has 1 aromatic carbocycles. The Morgan fingerprint density at radius 3 is 2.68 bits per heavy atom. The number of hydrogen-bond acceptors (Lipinski definition) is 5. The highest BCUT2D eigenvalue weighted by atomic mass is 32.1. The first-order valence-corrected chi connectivity index (χ1v) is 7.59. The molecule has 116 valence electrons. The number of benzene rings is 1. The molecule has 0 radical (unpaired) electrons. The molecule has 0 aliphatic heterocycles. The summed E-state index contributed by atoms with van der Waals surface area (Å²) in [5.41, 5.74) is 1.85. The number of hydrogen-bond donors (Lipinski definition) is 1. The van der Waals surface area contributed by atoms with E-state index in [1.54, 1.807) is 12.3 Å². The van der Waals surface area contributed by atoms with E-state index in [1.807, 2.05) is 30.3 Å². The Morgan fingerprint density at radius 2 is 2.09 bits per heavy atom. The van der Waals surface area contributed by atoms with Crippen molar-refractivity contribution in [1.82, 2.24) is 3.96 Å². The third-order valence-corrected chi connectivity index (χ3v) is 4.11. The fourth-order valence-corrected chi connectivity index (χ4v) is 3.01. The maximum atomic E-state index is 12.4. The Hall–Kier alpha value is -2.34. The van der Waals surface area contributed by atoms with Crippen LogP contribution in [0.1, 0.15) is 18.5 Å². The van der Waals surface area contributed by atoms with Crippen LogP contribution in [0.3, 0.4) is 0 Å². The topological polar surface area (TPSA) is 60.3 Å². The highest BCUT2D eigenvalue weighted by Crippen LogP contribution is 2.20. The predicted molar refractivity (Wildman–Crippen MR) is 88.2 cm³/mol. The molecule has 0 aliphatic rings. The first-order valence-electron chi connectivity index (χ1n) is 6.76. The molecule has 5 nitrogen and oxygen atoms in total. The molecule has 22 heavy (non-hydrogen) atoms. The van der Waals surface area contributed by atoms with E-state index in [1.165, 1.54) is 22.6 Å². The zero-order chi connectivity index (χ0) is 16.1. The van der Waals surface area contributed by atoms with Gasteiger partial charge >= 0.3 is 5.97 Å². The van der Waals surface area contributed by atoms with Crippen molar-refractivity contribution in [1.29, 1.82) is 0 Å². The third kappa shape index (κ3) is 3.46. The van der Waals surface area contributed by atoms with Crippen LogP contribution in [0.25, 0.3) is 0 Å². The first-order chi connectivity index (χ1) is 10.5. The van der Waals surface area contributed by atoms with Gasteiger partial charge in [0, 0.05) is 11.9 Å². The average molecular weight is 318 g/mol. The second kappa shape index (κ2) is 7.09.